The third-order valence-electron chi connectivity index (χ3n) is 4.95. The Morgan fingerprint density at radius 3 is 2.16 bits per heavy atom. The van der Waals surface area contributed by atoms with Gasteiger partial charge in [0.05, 0.1) is 44.3 Å². The van der Waals surface area contributed by atoms with E-state index in [0.717, 1.165) is 39.1 Å². The van der Waals surface area contributed by atoms with Gasteiger partial charge in [-0.3, -0.25) is 4.98 Å². The van der Waals surface area contributed by atoms with Crippen LogP contribution >= 0.6 is 11.9 Å². The van der Waals surface area contributed by atoms with Crippen LogP contribution in [0.4, 0.5) is 5.69 Å². The number of ether oxygens (including phenoxy) is 3. The van der Waals surface area contributed by atoms with E-state index in [1.807, 2.05) is 30.5 Å². The highest BCUT2D eigenvalue weighted by Crippen LogP contribution is 2.41. The molecule has 1 heterocycles. The van der Waals surface area contributed by atoms with Crippen molar-refractivity contribution in [2.75, 3.05) is 32.3 Å². The van der Waals surface area contributed by atoms with Crippen molar-refractivity contribution in [3.8, 4) is 39.6 Å². The first-order chi connectivity index (χ1) is 15.2. The minimum Gasteiger partial charge on any atom is -0.493 e. The van der Waals surface area contributed by atoms with Crippen molar-refractivity contribution < 1.29 is 14.2 Å². The minimum absolute atomic E-state index is 0.544. The monoisotopic (exact) mass is 433 g/mol. The third kappa shape index (κ3) is 4.09. The number of hydrogen-bond donors (Lipinski definition) is 1. The number of para-hydroxylation sites is 1. The molecule has 0 saturated heterocycles. The molecule has 6 nitrogen and oxygen atoms in total. The topological polar surface area (TPSA) is 65.5 Å². The molecule has 0 atom stereocenters. The van der Waals surface area contributed by atoms with E-state index in [-0.39, 0.29) is 0 Å². The molecule has 4 rings (SSSR count). The van der Waals surface area contributed by atoms with Gasteiger partial charge in [0.15, 0.2) is 11.5 Å². The van der Waals surface area contributed by atoms with Gasteiger partial charge >= 0.3 is 0 Å². The first kappa shape index (κ1) is 20.8. The molecule has 0 bridgehead atoms. The Kier molecular flexibility index (Phi) is 6.13. The lowest BCUT2D eigenvalue weighted by atomic mass is 10.0. The highest BCUT2D eigenvalue weighted by Gasteiger charge is 2.16. The zero-order valence-electron chi connectivity index (χ0n) is 17.8. The second kappa shape index (κ2) is 9.14. The van der Waals surface area contributed by atoms with Gasteiger partial charge in [0, 0.05) is 23.1 Å². The molecule has 3 aromatic carbocycles. The van der Waals surface area contributed by atoms with Gasteiger partial charge in [-0.15, -0.1) is 0 Å². The van der Waals surface area contributed by atoms with E-state index in [1.165, 1.54) is 0 Å². The van der Waals surface area contributed by atoms with Crippen LogP contribution in [0.25, 0.3) is 33.4 Å². The second-order valence-corrected chi connectivity index (χ2v) is 7.34. The number of benzene rings is 3. The van der Waals surface area contributed by atoms with E-state index in [1.54, 1.807) is 39.5 Å². The number of nitrogens with zero attached hydrogens (tertiary/aromatic N) is 2. The molecule has 0 aliphatic carbocycles. The summed E-state index contributed by atoms with van der Waals surface area (Å²) in [5.74, 6) is 1.69. The summed E-state index contributed by atoms with van der Waals surface area (Å²) < 4.78 is 19.7. The zero-order valence-corrected chi connectivity index (χ0v) is 18.6. The molecule has 7 heteroatoms. The Balaban J connectivity index is 1.84. The first-order valence-electron chi connectivity index (χ1n) is 9.64. The van der Waals surface area contributed by atoms with Gasteiger partial charge in [0.1, 0.15) is 0 Å². The fraction of sp³-hybridized carbons (Fsp3) is 0.167. The largest absolute Gasteiger partial charge is 0.493 e. The molecule has 0 aliphatic rings. The number of aromatic nitrogens is 2. The van der Waals surface area contributed by atoms with Crippen LogP contribution in [0.2, 0.25) is 0 Å². The van der Waals surface area contributed by atoms with Crippen molar-refractivity contribution in [2.45, 2.75) is 0 Å². The lowest BCUT2D eigenvalue weighted by Gasteiger charge is -2.14. The van der Waals surface area contributed by atoms with Crippen LogP contribution in [0.15, 0.2) is 60.8 Å². The Morgan fingerprint density at radius 2 is 1.55 bits per heavy atom. The SMILES string of the molecule is COc1cc(-c2cnc3cccc(-c4ccc(NSC)cc4)c3n2)cc(OC)c1OC. The van der Waals surface area contributed by atoms with E-state index in [4.69, 9.17) is 19.2 Å². The van der Waals surface area contributed by atoms with Gasteiger partial charge in [0.25, 0.3) is 0 Å². The van der Waals surface area contributed by atoms with Crippen molar-refractivity contribution in [2.24, 2.45) is 0 Å². The maximum absolute atomic E-state index is 5.49. The Morgan fingerprint density at radius 1 is 0.839 bits per heavy atom. The molecule has 31 heavy (non-hydrogen) atoms. The van der Waals surface area contributed by atoms with E-state index < -0.39 is 0 Å². The number of anilines is 1. The molecule has 158 valence electrons. The fourth-order valence-electron chi connectivity index (χ4n) is 3.47. The zero-order chi connectivity index (χ0) is 21.8. The predicted octanol–water partition coefficient (Wildman–Crippen LogP) is 5.68. The van der Waals surface area contributed by atoms with Crippen molar-refractivity contribution >= 4 is 28.7 Å². The summed E-state index contributed by atoms with van der Waals surface area (Å²) in [7, 11) is 4.78. The summed E-state index contributed by atoms with van der Waals surface area (Å²) in [5, 5.41) is 0. The van der Waals surface area contributed by atoms with E-state index in [9.17, 15) is 0 Å². The number of rotatable bonds is 7. The van der Waals surface area contributed by atoms with Gasteiger partial charge in [-0.2, -0.15) is 0 Å². The van der Waals surface area contributed by atoms with Crippen LogP contribution in [0.5, 0.6) is 17.2 Å². The smallest absolute Gasteiger partial charge is 0.203 e. The maximum atomic E-state index is 5.49. The van der Waals surface area contributed by atoms with Crippen LogP contribution in [0.3, 0.4) is 0 Å². The number of hydrogen-bond acceptors (Lipinski definition) is 7. The van der Waals surface area contributed by atoms with E-state index in [2.05, 4.69) is 40.0 Å². The fourth-order valence-corrected chi connectivity index (χ4v) is 3.84. The quantitative estimate of drug-likeness (QED) is 0.376. The maximum Gasteiger partial charge on any atom is 0.203 e. The lowest BCUT2D eigenvalue weighted by Crippen LogP contribution is -1.97. The van der Waals surface area contributed by atoms with Crippen LogP contribution in [0, 0.1) is 0 Å². The summed E-state index contributed by atoms with van der Waals surface area (Å²) in [6.45, 7) is 0. The van der Waals surface area contributed by atoms with Gasteiger partial charge in [-0.05, 0) is 35.9 Å². The molecule has 0 saturated carbocycles. The Bertz CT molecular complexity index is 1190. The van der Waals surface area contributed by atoms with E-state index >= 15 is 0 Å². The van der Waals surface area contributed by atoms with E-state index in [0.29, 0.717) is 17.2 Å². The standard InChI is InChI=1S/C24H23N3O3S/c1-28-21-12-16(13-22(29-2)24(21)30-3)20-14-25-19-7-5-6-18(23(19)26-20)15-8-10-17(11-9-15)27-31-4/h5-14,27H,1-4H3. The van der Waals surface area contributed by atoms with Crippen LogP contribution in [0.1, 0.15) is 0 Å². The summed E-state index contributed by atoms with van der Waals surface area (Å²) in [5.41, 5.74) is 6.38. The molecular weight excluding hydrogens is 410 g/mol. The normalized spacial score (nSPS) is 10.7. The van der Waals surface area contributed by atoms with Crippen molar-refractivity contribution in [1.82, 2.24) is 9.97 Å². The van der Waals surface area contributed by atoms with Crippen LogP contribution in [-0.2, 0) is 0 Å². The minimum atomic E-state index is 0.544. The third-order valence-corrected chi connectivity index (χ3v) is 5.39. The molecule has 0 amide bonds. The van der Waals surface area contributed by atoms with Gasteiger partial charge in [-0.25, -0.2) is 4.98 Å². The van der Waals surface area contributed by atoms with Crippen molar-refractivity contribution in [1.29, 1.82) is 0 Å². The highest BCUT2D eigenvalue weighted by molar-refractivity contribution is 7.99. The molecule has 0 unspecified atom stereocenters. The molecular formula is C24H23N3O3S. The molecule has 0 spiro atoms. The predicted molar refractivity (Wildman–Crippen MR) is 127 cm³/mol. The van der Waals surface area contributed by atoms with Crippen LogP contribution in [-0.4, -0.2) is 37.6 Å². The summed E-state index contributed by atoms with van der Waals surface area (Å²) in [6.07, 6.45) is 3.76. The number of methoxy groups -OCH3 is 3. The molecule has 1 aromatic heterocycles. The lowest BCUT2D eigenvalue weighted by molar-refractivity contribution is 0.324. The van der Waals surface area contributed by atoms with Crippen LogP contribution < -0.4 is 18.9 Å². The summed E-state index contributed by atoms with van der Waals surface area (Å²) >= 11 is 1.57. The molecule has 4 aromatic rings. The van der Waals surface area contributed by atoms with Gasteiger partial charge in [-0.1, -0.05) is 36.2 Å². The first-order valence-corrected chi connectivity index (χ1v) is 10.9. The van der Waals surface area contributed by atoms with Crippen molar-refractivity contribution in [3.05, 3.63) is 60.8 Å². The molecule has 0 radical (unpaired) electrons. The molecule has 1 N–H and O–H groups in total. The number of nitrogens with one attached hydrogen (secondary N) is 1. The van der Waals surface area contributed by atoms with Gasteiger partial charge < -0.3 is 18.9 Å². The average Bonchev–Trinajstić information content (AvgIpc) is 2.83. The summed E-state index contributed by atoms with van der Waals surface area (Å²) in [4.78, 5) is 9.61. The Hall–Kier alpha value is -3.45. The van der Waals surface area contributed by atoms with Gasteiger partial charge in [0.2, 0.25) is 5.75 Å². The second-order valence-electron chi connectivity index (χ2n) is 6.73. The Labute approximate surface area is 185 Å². The molecule has 0 fully saturated rings. The highest BCUT2D eigenvalue weighted by atomic mass is 32.2. The summed E-state index contributed by atoms with van der Waals surface area (Å²) in [6, 6.07) is 18.1. The number of fused-ring (bicyclic) bond motifs is 1. The van der Waals surface area contributed by atoms with Crippen molar-refractivity contribution in [3.63, 3.8) is 0 Å². The average molecular weight is 434 g/mol. The molecule has 0 aliphatic heterocycles.